The zero-order chi connectivity index (χ0) is 10.6. The molecule has 0 fully saturated rings. The zero-order valence-corrected chi connectivity index (χ0v) is 9.56. The fraction of sp³-hybridized carbons (Fsp3) is 0.455. The molecule has 1 unspecified atom stereocenters. The molecule has 0 aromatic heterocycles. The third-order valence-electron chi connectivity index (χ3n) is 2.19. The summed E-state index contributed by atoms with van der Waals surface area (Å²) in [5, 5.41) is 3.99. The molecule has 0 aliphatic heterocycles. The maximum absolute atomic E-state index is 5.93. The van der Waals surface area contributed by atoms with Gasteiger partial charge in [-0.2, -0.15) is 0 Å². The van der Waals surface area contributed by atoms with Gasteiger partial charge in [-0.15, -0.1) is 0 Å². The van der Waals surface area contributed by atoms with Crippen LogP contribution in [0.2, 0.25) is 5.02 Å². The van der Waals surface area contributed by atoms with Crippen LogP contribution in [0.1, 0.15) is 25.5 Å². The highest BCUT2D eigenvalue weighted by Gasteiger charge is 2.07. The molecule has 0 spiro atoms. The number of nitrogens with one attached hydrogen (secondary N) is 1. The number of hydrogen-bond donors (Lipinski definition) is 1. The first kappa shape index (κ1) is 11.3. The highest BCUT2D eigenvalue weighted by molar-refractivity contribution is 6.32. The van der Waals surface area contributed by atoms with E-state index in [9.17, 15) is 0 Å². The van der Waals surface area contributed by atoms with Gasteiger partial charge >= 0.3 is 0 Å². The highest BCUT2D eigenvalue weighted by atomic mass is 35.5. The molecule has 0 aliphatic carbocycles. The second kappa shape index (κ2) is 5.23. The molecule has 1 rings (SSSR count). The molecule has 2 nitrogen and oxygen atoms in total. The van der Waals surface area contributed by atoms with Crippen molar-refractivity contribution in [2.24, 2.45) is 0 Å². The Bertz CT molecular complexity index is 301. The first-order chi connectivity index (χ1) is 6.69. The SMILES string of the molecule is CCNC(C)c1ccc(Cl)c(OC)c1. The summed E-state index contributed by atoms with van der Waals surface area (Å²) in [6.45, 7) is 5.15. The normalized spacial score (nSPS) is 12.6. The molecular formula is C11H16ClNO. The molecule has 0 saturated heterocycles. The maximum Gasteiger partial charge on any atom is 0.137 e. The highest BCUT2D eigenvalue weighted by Crippen LogP contribution is 2.27. The van der Waals surface area contributed by atoms with E-state index in [1.165, 1.54) is 5.56 Å². The van der Waals surface area contributed by atoms with E-state index in [1.54, 1.807) is 7.11 Å². The van der Waals surface area contributed by atoms with Gasteiger partial charge in [0.25, 0.3) is 0 Å². The summed E-state index contributed by atoms with van der Waals surface area (Å²) in [6.07, 6.45) is 0. The summed E-state index contributed by atoms with van der Waals surface area (Å²) >= 11 is 5.93. The van der Waals surface area contributed by atoms with Gasteiger partial charge in [0, 0.05) is 6.04 Å². The zero-order valence-electron chi connectivity index (χ0n) is 8.80. The van der Waals surface area contributed by atoms with Crippen LogP contribution in [0.5, 0.6) is 5.75 Å². The van der Waals surface area contributed by atoms with Crippen LogP contribution in [-0.4, -0.2) is 13.7 Å². The second-order valence-electron chi connectivity index (χ2n) is 3.17. The smallest absolute Gasteiger partial charge is 0.137 e. The van der Waals surface area contributed by atoms with Crippen LogP contribution < -0.4 is 10.1 Å². The van der Waals surface area contributed by atoms with Gasteiger partial charge in [0.05, 0.1) is 12.1 Å². The van der Waals surface area contributed by atoms with Gasteiger partial charge in [0.1, 0.15) is 5.75 Å². The van der Waals surface area contributed by atoms with Gasteiger partial charge in [-0.1, -0.05) is 24.6 Å². The molecule has 0 aliphatic rings. The van der Waals surface area contributed by atoms with Gasteiger partial charge in [0.15, 0.2) is 0 Å². The first-order valence-electron chi connectivity index (χ1n) is 4.75. The van der Waals surface area contributed by atoms with Crippen molar-refractivity contribution >= 4 is 11.6 Å². The monoisotopic (exact) mass is 213 g/mol. The summed E-state index contributed by atoms with van der Waals surface area (Å²) in [6, 6.07) is 6.17. The van der Waals surface area contributed by atoms with Crippen LogP contribution in [0.15, 0.2) is 18.2 Å². The molecular weight excluding hydrogens is 198 g/mol. The van der Waals surface area contributed by atoms with Crippen LogP contribution in [0.25, 0.3) is 0 Å². The van der Waals surface area contributed by atoms with Crippen LogP contribution in [0.3, 0.4) is 0 Å². The molecule has 0 heterocycles. The molecule has 78 valence electrons. The first-order valence-corrected chi connectivity index (χ1v) is 5.13. The fourth-order valence-electron chi connectivity index (χ4n) is 1.37. The average Bonchev–Trinajstić information content (AvgIpc) is 2.19. The lowest BCUT2D eigenvalue weighted by atomic mass is 10.1. The van der Waals surface area contributed by atoms with Crippen molar-refractivity contribution in [2.45, 2.75) is 19.9 Å². The van der Waals surface area contributed by atoms with E-state index in [1.807, 2.05) is 18.2 Å². The number of hydrogen-bond acceptors (Lipinski definition) is 2. The molecule has 1 aromatic carbocycles. The molecule has 0 saturated carbocycles. The van der Waals surface area contributed by atoms with Crippen molar-refractivity contribution in [3.8, 4) is 5.75 Å². The van der Waals surface area contributed by atoms with E-state index in [4.69, 9.17) is 16.3 Å². The van der Waals surface area contributed by atoms with Crippen molar-refractivity contribution < 1.29 is 4.74 Å². The largest absolute Gasteiger partial charge is 0.495 e. The Balaban J connectivity index is 2.88. The summed E-state index contributed by atoms with van der Waals surface area (Å²) in [7, 11) is 1.63. The Labute approximate surface area is 90.2 Å². The van der Waals surface area contributed by atoms with Gasteiger partial charge in [0.2, 0.25) is 0 Å². The predicted octanol–water partition coefficient (Wildman–Crippen LogP) is 3.02. The number of halogens is 1. The lowest BCUT2D eigenvalue weighted by Gasteiger charge is -2.14. The predicted molar refractivity (Wildman–Crippen MR) is 60.1 cm³/mol. The average molecular weight is 214 g/mol. The van der Waals surface area contributed by atoms with Crippen LogP contribution >= 0.6 is 11.6 Å². The van der Waals surface area contributed by atoms with E-state index in [2.05, 4.69) is 19.2 Å². The van der Waals surface area contributed by atoms with Crippen molar-refractivity contribution in [2.75, 3.05) is 13.7 Å². The Morgan fingerprint density at radius 1 is 1.50 bits per heavy atom. The standard InChI is InChI=1S/C11H16ClNO/c1-4-13-8(2)9-5-6-10(12)11(7-9)14-3/h5-8,13H,4H2,1-3H3. The summed E-state index contributed by atoms with van der Waals surface area (Å²) in [5.74, 6) is 0.730. The lowest BCUT2D eigenvalue weighted by Crippen LogP contribution is -2.17. The number of methoxy groups -OCH3 is 1. The van der Waals surface area contributed by atoms with Crippen molar-refractivity contribution in [3.63, 3.8) is 0 Å². The Kier molecular flexibility index (Phi) is 4.23. The number of benzene rings is 1. The summed E-state index contributed by atoms with van der Waals surface area (Å²) in [5.41, 5.74) is 1.19. The molecule has 0 radical (unpaired) electrons. The minimum absolute atomic E-state index is 0.325. The molecule has 1 atom stereocenters. The van der Waals surface area contributed by atoms with Gasteiger partial charge in [-0.3, -0.25) is 0 Å². The Morgan fingerprint density at radius 3 is 2.79 bits per heavy atom. The Hall–Kier alpha value is -0.730. The second-order valence-corrected chi connectivity index (χ2v) is 3.58. The third kappa shape index (κ3) is 2.63. The van der Waals surface area contributed by atoms with Gasteiger partial charge < -0.3 is 10.1 Å². The third-order valence-corrected chi connectivity index (χ3v) is 2.50. The minimum Gasteiger partial charge on any atom is -0.495 e. The van der Waals surface area contributed by atoms with Crippen LogP contribution in [-0.2, 0) is 0 Å². The molecule has 0 amide bonds. The number of ether oxygens (including phenoxy) is 1. The minimum atomic E-state index is 0.325. The number of rotatable bonds is 4. The Morgan fingerprint density at radius 2 is 2.21 bits per heavy atom. The van der Waals surface area contributed by atoms with Gasteiger partial charge in [-0.25, -0.2) is 0 Å². The molecule has 1 aromatic rings. The lowest BCUT2D eigenvalue weighted by molar-refractivity contribution is 0.413. The van der Waals surface area contributed by atoms with Crippen LogP contribution in [0, 0.1) is 0 Å². The quantitative estimate of drug-likeness (QED) is 0.830. The van der Waals surface area contributed by atoms with Crippen molar-refractivity contribution in [1.29, 1.82) is 0 Å². The van der Waals surface area contributed by atoms with Crippen molar-refractivity contribution in [3.05, 3.63) is 28.8 Å². The maximum atomic E-state index is 5.93. The molecule has 3 heteroatoms. The van der Waals surface area contributed by atoms with E-state index in [0.29, 0.717) is 11.1 Å². The van der Waals surface area contributed by atoms with Gasteiger partial charge in [-0.05, 0) is 31.2 Å². The van der Waals surface area contributed by atoms with E-state index in [0.717, 1.165) is 12.3 Å². The van der Waals surface area contributed by atoms with E-state index >= 15 is 0 Å². The van der Waals surface area contributed by atoms with E-state index < -0.39 is 0 Å². The fourth-order valence-corrected chi connectivity index (χ4v) is 1.56. The topological polar surface area (TPSA) is 21.3 Å². The summed E-state index contributed by atoms with van der Waals surface area (Å²) < 4.78 is 5.15. The molecule has 14 heavy (non-hydrogen) atoms. The van der Waals surface area contributed by atoms with Crippen LogP contribution in [0.4, 0.5) is 0 Å². The molecule has 1 N–H and O–H groups in total. The van der Waals surface area contributed by atoms with Crippen molar-refractivity contribution in [1.82, 2.24) is 5.32 Å². The molecule has 0 bridgehead atoms. The van der Waals surface area contributed by atoms with E-state index in [-0.39, 0.29) is 0 Å². The summed E-state index contributed by atoms with van der Waals surface area (Å²) in [4.78, 5) is 0.